The summed E-state index contributed by atoms with van der Waals surface area (Å²) in [6, 6.07) is 13.7. The summed E-state index contributed by atoms with van der Waals surface area (Å²) in [5, 5.41) is 20.9. The first-order chi connectivity index (χ1) is 14.0. The summed E-state index contributed by atoms with van der Waals surface area (Å²) in [6.07, 6.45) is 3.76. The second-order valence-corrected chi connectivity index (χ2v) is 8.53. The molecule has 6 nitrogen and oxygen atoms in total. The van der Waals surface area contributed by atoms with E-state index in [0.29, 0.717) is 16.3 Å². The van der Waals surface area contributed by atoms with Crippen molar-refractivity contribution in [2.24, 2.45) is 4.99 Å². The monoisotopic (exact) mass is 503 g/mol. The van der Waals surface area contributed by atoms with Gasteiger partial charge in [-0.1, -0.05) is 12.1 Å². The third kappa shape index (κ3) is 4.36. The molecule has 0 radical (unpaired) electrons. The van der Waals surface area contributed by atoms with E-state index in [4.69, 9.17) is 0 Å². The summed E-state index contributed by atoms with van der Waals surface area (Å²) in [5.74, 6) is -0.186. The van der Waals surface area contributed by atoms with Crippen LogP contribution in [0.1, 0.15) is 24.0 Å². The Morgan fingerprint density at radius 3 is 2.76 bits per heavy atom. The Kier molecular flexibility index (Phi) is 5.98. The Bertz CT molecular complexity index is 1110. The molecule has 7 heteroatoms. The van der Waals surface area contributed by atoms with Crippen LogP contribution in [0.2, 0.25) is 0 Å². The van der Waals surface area contributed by atoms with Crippen molar-refractivity contribution in [3.63, 3.8) is 0 Å². The van der Waals surface area contributed by atoms with Crippen LogP contribution in [0.4, 0.5) is 5.69 Å². The van der Waals surface area contributed by atoms with Gasteiger partial charge in [0.15, 0.2) is 0 Å². The van der Waals surface area contributed by atoms with Gasteiger partial charge in [-0.05, 0) is 77.9 Å². The number of aliphatic hydroxyl groups excluding tert-OH is 1. The van der Waals surface area contributed by atoms with E-state index in [0.717, 1.165) is 35.2 Å². The number of rotatable bonds is 5. The van der Waals surface area contributed by atoms with Crippen molar-refractivity contribution < 1.29 is 10.2 Å². The standard InChI is InChI=1S/C22H22IN3O3/c23-15-5-8-18-19(10-15)20(22(29)25-21(18)28)11-24-16-6-3-14(4-7-16)12-26-9-1-2-17(26)13-27/h3-8,10-11,17,27H,1-2,9,12-13H2,(H2,25,28,29)/t17-/m1/s1. The van der Waals surface area contributed by atoms with Gasteiger partial charge in [-0.15, -0.1) is 0 Å². The molecule has 1 saturated heterocycles. The number of H-pyrrole nitrogens is 1. The number of nitrogens with one attached hydrogen (secondary N) is 1. The van der Waals surface area contributed by atoms with E-state index < -0.39 is 0 Å². The lowest BCUT2D eigenvalue weighted by Gasteiger charge is -2.22. The topological polar surface area (TPSA) is 88.9 Å². The highest BCUT2D eigenvalue weighted by atomic mass is 127. The number of hydrogen-bond donors (Lipinski definition) is 3. The van der Waals surface area contributed by atoms with Crippen LogP contribution in [0.5, 0.6) is 5.88 Å². The van der Waals surface area contributed by atoms with Crippen molar-refractivity contribution in [3.8, 4) is 5.88 Å². The molecule has 1 aromatic heterocycles. The molecule has 4 rings (SSSR count). The number of aliphatic imine (C=N–C) groups is 1. The summed E-state index contributed by atoms with van der Waals surface area (Å²) in [5.41, 5.74) is 2.11. The third-order valence-electron chi connectivity index (χ3n) is 5.38. The summed E-state index contributed by atoms with van der Waals surface area (Å²) in [6.45, 7) is 2.04. The smallest absolute Gasteiger partial charge is 0.258 e. The molecule has 0 amide bonds. The van der Waals surface area contributed by atoms with Gasteiger partial charge in [0.1, 0.15) is 0 Å². The van der Waals surface area contributed by atoms with Crippen molar-refractivity contribution >= 4 is 45.3 Å². The van der Waals surface area contributed by atoms with Gasteiger partial charge in [-0.2, -0.15) is 0 Å². The Hall–Kier alpha value is -2.23. The molecule has 3 N–H and O–H groups in total. The van der Waals surface area contributed by atoms with Gasteiger partial charge in [0.05, 0.1) is 17.9 Å². The number of benzene rings is 2. The van der Waals surface area contributed by atoms with Crippen molar-refractivity contribution in [1.29, 1.82) is 0 Å². The number of aromatic nitrogens is 1. The molecule has 1 aliphatic heterocycles. The quantitative estimate of drug-likeness (QED) is 0.367. The van der Waals surface area contributed by atoms with Gasteiger partial charge in [0, 0.05) is 33.1 Å². The zero-order valence-corrected chi connectivity index (χ0v) is 18.0. The second kappa shape index (κ2) is 8.64. The zero-order valence-electron chi connectivity index (χ0n) is 15.8. The van der Waals surface area contributed by atoms with Crippen LogP contribution < -0.4 is 5.56 Å². The van der Waals surface area contributed by atoms with E-state index in [-0.39, 0.29) is 24.1 Å². The summed E-state index contributed by atoms with van der Waals surface area (Å²) in [4.78, 5) is 21.4. The van der Waals surface area contributed by atoms with Crippen molar-refractivity contribution in [1.82, 2.24) is 9.88 Å². The molecule has 0 aliphatic carbocycles. The molecule has 2 heterocycles. The first-order valence-electron chi connectivity index (χ1n) is 9.57. The Labute approximate surface area is 182 Å². The van der Waals surface area contributed by atoms with E-state index in [9.17, 15) is 15.0 Å². The van der Waals surface area contributed by atoms with Gasteiger partial charge >= 0.3 is 0 Å². The molecule has 2 aromatic carbocycles. The fraction of sp³-hybridized carbons (Fsp3) is 0.273. The average molecular weight is 503 g/mol. The van der Waals surface area contributed by atoms with Gasteiger partial charge in [-0.3, -0.25) is 19.7 Å². The summed E-state index contributed by atoms with van der Waals surface area (Å²) < 4.78 is 0.974. The largest absolute Gasteiger partial charge is 0.494 e. The molecular weight excluding hydrogens is 481 g/mol. The minimum atomic E-state index is -0.321. The molecule has 1 aliphatic rings. The van der Waals surface area contributed by atoms with Gasteiger partial charge in [0.25, 0.3) is 5.56 Å². The van der Waals surface area contributed by atoms with Crippen LogP contribution >= 0.6 is 22.6 Å². The van der Waals surface area contributed by atoms with Crippen molar-refractivity contribution in [2.45, 2.75) is 25.4 Å². The minimum absolute atomic E-state index is 0.186. The Balaban J connectivity index is 1.57. The maximum Gasteiger partial charge on any atom is 0.258 e. The zero-order chi connectivity index (χ0) is 20.4. The molecule has 150 valence electrons. The molecule has 3 aromatic rings. The number of halogens is 1. The number of fused-ring (bicyclic) bond motifs is 1. The highest BCUT2D eigenvalue weighted by molar-refractivity contribution is 14.1. The van der Waals surface area contributed by atoms with Crippen LogP contribution in [0.25, 0.3) is 10.8 Å². The van der Waals surface area contributed by atoms with Crippen LogP contribution in [0.15, 0.2) is 52.3 Å². The predicted octanol–water partition coefficient (Wildman–Crippen LogP) is 3.55. The second-order valence-electron chi connectivity index (χ2n) is 7.28. The molecule has 29 heavy (non-hydrogen) atoms. The van der Waals surface area contributed by atoms with Gasteiger partial charge in [0.2, 0.25) is 5.88 Å². The lowest BCUT2D eigenvalue weighted by Crippen LogP contribution is -2.31. The first-order valence-corrected chi connectivity index (χ1v) is 10.7. The fourth-order valence-electron chi connectivity index (χ4n) is 3.81. The molecular formula is C22H22IN3O3. The number of aromatic amines is 1. The lowest BCUT2D eigenvalue weighted by molar-refractivity contribution is 0.153. The van der Waals surface area contributed by atoms with Crippen LogP contribution in [-0.4, -0.2) is 45.5 Å². The van der Waals surface area contributed by atoms with E-state index >= 15 is 0 Å². The van der Waals surface area contributed by atoms with Gasteiger partial charge < -0.3 is 10.2 Å². The minimum Gasteiger partial charge on any atom is -0.494 e. The number of aliphatic hydroxyl groups is 1. The van der Waals surface area contributed by atoms with E-state index in [1.165, 1.54) is 5.56 Å². The van der Waals surface area contributed by atoms with Crippen LogP contribution in [-0.2, 0) is 6.54 Å². The van der Waals surface area contributed by atoms with E-state index in [1.54, 1.807) is 12.3 Å². The number of hydrogen-bond acceptors (Lipinski definition) is 5. The molecule has 0 unspecified atom stereocenters. The lowest BCUT2D eigenvalue weighted by atomic mass is 10.1. The number of aromatic hydroxyl groups is 1. The van der Waals surface area contributed by atoms with Crippen LogP contribution in [0.3, 0.4) is 0 Å². The fourth-order valence-corrected chi connectivity index (χ4v) is 4.30. The summed E-state index contributed by atoms with van der Waals surface area (Å²) >= 11 is 2.18. The SMILES string of the molecule is O=c1[nH]c(O)c(C=Nc2ccc(CN3CCC[C@@H]3CO)cc2)c2cc(I)ccc12. The predicted molar refractivity (Wildman–Crippen MR) is 123 cm³/mol. The Morgan fingerprint density at radius 2 is 2.00 bits per heavy atom. The number of pyridine rings is 1. The number of nitrogens with zero attached hydrogens (tertiary/aromatic N) is 2. The average Bonchev–Trinajstić information content (AvgIpc) is 3.16. The van der Waals surface area contributed by atoms with Crippen molar-refractivity contribution in [2.75, 3.05) is 13.2 Å². The molecule has 0 saturated carbocycles. The normalized spacial score (nSPS) is 17.5. The van der Waals surface area contributed by atoms with Crippen molar-refractivity contribution in [3.05, 3.63) is 67.5 Å². The van der Waals surface area contributed by atoms with Crippen LogP contribution in [0, 0.1) is 3.57 Å². The first kappa shape index (κ1) is 20.1. The van der Waals surface area contributed by atoms with E-state index in [2.05, 4.69) is 37.5 Å². The highest BCUT2D eigenvalue weighted by Gasteiger charge is 2.23. The molecule has 1 fully saturated rings. The number of likely N-dealkylation sites (tertiary alicyclic amines) is 1. The summed E-state index contributed by atoms with van der Waals surface area (Å²) in [7, 11) is 0. The van der Waals surface area contributed by atoms with Gasteiger partial charge in [-0.25, -0.2) is 0 Å². The Morgan fingerprint density at radius 1 is 1.21 bits per heavy atom. The maximum atomic E-state index is 12.1. The molecule has 1 atom stereocenters. The molecule has 0 bridgehead atoms. The highest BCUT2D eigenvalue weighted by Crippen LogP contribution is 2.24. The third-order valence-corrected chi connectivity index (χ3v) is 6.05. The maximum absolute atomic E-state index is 12.1. The molecule has 0 spiro atoms. The van der Waals surface area contributed by atoms with E-state index in [1.807, 2.05) is 36.4 Å².